The summed E-state index contributed by atoms with van der Waals surface area (Å²) >= 11 is 0. The summed E-state index contributed by atoms with van der Waals surface area (Å²) in [7, 11) is 5.05. The first-order valence-electron chi connectivity index (χ1n) is 10.1. The number of rotatable bonds is 8. The van der Waals surface area contributed by atoms with Crippen molar-refractivity contribution >= 4 is 5.96 Å². The van der Waals surface area contributed by atoms with E-state index in [1.54, 1.807) is 21.3 Å². The Bertz CT molecular complexity index is 864. The molecule has 7 nitrogen and oxygen atoms in total. The summed E-state index contributed by atoms with van der Waals surface area (Å²) < 4.78 is 22.3. The quantitative estimate of drug-likeness (QED) is 0.512. The maximum Gasteiger partial charge on any atom is 0.191 e. The minimum absolute atomic E-state index is 0.116. The standard InChI is InChI=1S/C23H31N3O4/c1-16-5-6-18(22(11-16)30-20-9-10-29-15-20)14-26-23(24-2)25-13-17-7-8-19(27-3)12-21(17)28-4/h5-8,11-12,20H,9-10,13-15H2,1-4H3,(H2,24,25,26). The van der Waals surface area contributed by atoms with Crippen LogP contribution in [-0.4, -0.2) is 46.5 Å². The number of aliphatic imine (C=N–C) groups is 1. The summed E-state index contributed by atoms with van der Waals surface area (Å²) in [5.74, 6) is 3.12. The molecule has 1 saturated heterocycles. The fraction of sp³-hybridized carbons (Fsp3) is 0.435. The first kappa shape index (κ1) is 21.8. The first-order chi connectivity index (χ1) is 14.6. The zero-order chi connectivity index (χ0) is 21.3. The van der Waals surface area contributed by atoms with Gasteiger partial charge >= 0.3 is 0 Å². The molecule has 7 heteroatoms. The fourth-order valence-electron chi connectivity index (χ4n) is 3.28. The van der Waals surface area contributed by atoms with Gasteiger partial charge in [0.2, 0.25) is 0 Å². The SMILES string of the molecule is CN=C(NCc1ccc(OC)cc1OC)NCc1ccc(C)cc1OC1CCOC1. The largest absolute Gasteiger partial charge is 0.497 e. The molecule has 0 amide bonds. The molecule has 1 aliphatic heterocycles. The molecule has 2 aromatic rings. The molecular formula is C23H31N3O4. The molecule has 0 saturated carbocycles. The molecule has 2 aromatic carbocycles. The third kappa shape index (κ3) is 5.79. The van der Waals surface area contributed by atoms with Gasteiger partial charge in [-0.3, -0.25) is 4.99 Å². The molecule has 1 heterocycles. The minimum Gasteiger partial charge on any atom is -0.497 e. The molecule has 30 heavy (non-hydrogen) atoms. The molecule has 1 atom stereocenters. The van der Waals surface area contributed by atoms with Crippen molar-refractivity contribution in [1.29, 1.82) is 0 Å². The third-order valence-corrected chi connectivity index (χ3v) is 5.01. The van der Waals surface area contributed by atoms with Gasteiger partial charge in [0.1, 0.15) is 23.4 Å². The fourth-order valence-corrected chi connectivity index (χ4v) is 3.28. The molecule has 1 unspecified atom stereocenters. The predicted molar refractivity (Wildman–Crippen MR) is 118 cm³/mol. The van der Waals surface area contributed by atoms with Crippen molar-refractivity contribution in [2.45, 2.75) is 32.5 Å². The van der Waals surface area contributed by atoms with E-state index in [4.69, 9.17) is 18.9 Å². The first-order valence-corrected chi connectivity index (χ1v) is 10.1. The second-order valence-electron chi connectivity index (χ2n) is 7.17. The lowest BCUT2D eigenvalue weighted by Gasteiger charge is -2.18. The van der Waals surface area contributed by atoms with Crippen LogP contribution in [0.3, 0.4) is 0 Å². The normalized spacial score (nSPS) is 16.3. The van der Waals surface area contributed by atoms with E-state index < -0.39 is 0 Å². The van der Waals surface area contributed by atoms with Gasteiger partial charge in [-0.05, 0) is 30.7 Å². The number of aryl methyl sites for hydroxylation is 1. The van der Waals surface area contributed by atoms with Gasteiger partial charge in [0.15, 0.2) is 5.96 Å². The highest BCUT2D eigenvalue weighted by atomic mass is 16.5. The highest BCUT2D eigenvalue weighted by Gasteiger charge is 2.19. The molecule has 0 aromatic heterocycles. The van der Waals surface area contributed by atoms with Gasteiger partial charge in [0.25, 0.3) is 0 Å². The van der Waals surface area contributed by atoms with Crippen molar-refractivity contribution in [2.24, 2.45) is 4.99 Å². The Kier molecular flexibility index (Phi) is 7.79. The Hall–Kier alpha value is -2.93. The predicted octanol–water partition coefficient (Wildman–Crippen LogP) is 3.05. The van der Waals surface area contributed by atoms with Crippen LogP contribution in [0.5, 0.6) is 17.2 Å². The molecule has 0 aliphatic carbocycles. The van der Waals surface area contributed by atoms with Crippen LogP contribution in [0.25, 0.3) is 0 Å². The van der Waals surface area contributed by atoms with Gasteiger partial charge in [-0.2, -0.15) is 0 Å². The summed E-state index contributed by atoms with van der Waals surface area (Å²) in [6.07, 6.45) is 1.04. The number of hydrogen-bond donors (Lipinski definition) is 2. The van der Waals surface area contributed by atoms with Crippen LogP contribution in [0, 0.1) is 6.92 Å². The second kappa shape index (κ2) is 10.7. The van der Waals surface area contributed by atoms with Crippen molar-refractivity contribution in [3.8, 4) is 17.2 Å². The van der Waals surface area contributed by atoms with Crippen molar-refractivity contribution in [3.05, 3.63) is 53.1 Å². The van der Waals surface area contributed by atoms with Crippen LogP contribution < -0.4 is 24.8 Å². The van der Waals surface area contributed by atoms with Gasteiger partial charge in [-0.15, -0.1) is 0 Å². The van der Waals surface area contributed by atoms with E-state index in [0.717, 1.165) is 41.4 Å². The Labute approximate surface area is 178 Å². The van der Waals surface area contributed by atoms with Crippen LogP contribution >= 0.6 is 0 Å². The Morgan fingerprint density at radius 3 is 2.40 bits per heavy atom. The van der Waals surface area contributed by atoms with Crippen molar-refractivity contribution in [3.63, 3.8) is 0 Å². The molecular weight excluding hydrogens is 382 g/mol. The van der Waals surface area contributed by atoms with E-state index in [1.807, 2.05) is 18.2 Å². The molecule has 3 rings (SSSR count). The lowest BCUT2D eigenvalue weighted by molar-refractivity contribution is 0.140. The van der Waals surface area contributed by atoms with E-state index in [2.05, 4.69) is 40.7 Å². The zero-order valence-corrected chi connectivity index (χ0v) is 18.2. The topological polar surface area (TPSA) is 73.3 Å². The van der Waals surface area contributed by atoms with Crippen LogP contribution in [0.15, 0.2) is 41.4 Å². The van der Waals surface area contributed by atoms with Gasteiger partial charge in [-0.25, -0.2) is 0 Å². The number of ether oxygens (including phenoxy) is 4. The third-order valence-electron chi connectivity index (χ3n) is 5.01. The maximum atomic E-state index is 6.18. The molecule has 0 spiro atoms. The van der Waals surface area contributed by atoms with Crippen LogP contribution in [0.4, 0.5) is 0 Å². The number of guanidine groups is 1. The Morgan fingerprint density at radius 2 is 1.77 bits per heavy atom. The molecule has 1 aliphatic rings. The monoisotopic (exact) mass is 413 g/mol. The van der Waals surface area contributed by atoms with E-state index in [1.165, 1.54) is 5.56 Å². The maximum absolute atomic E-state index is 6.18. The van der Waals surface area contributed by atoms with Crippen molar-refractivity contribution in [2.75, 3.05) is 34.5 Å². The van der Waals surface area contributed by atoms with Gasteiger partial charge in [-0.1, -0.05) is 12.1 Å². The molecule has 2 N–H and O–H groups in total. The second-order valence-corrected chi connectivity index (χ2v) is 7.17. The number of nitrogens with zero attached hydrogens (tertiary/aromatic N) is 1. The lowest BCUT2D eigenvalue weighted by atomic mass is 10.1. The van der Waals surface area contributed by atoms with Gasteiger partial charge in [0, 0.05) is 43.8 Å². The zero-order valence-electron chi connectivity index (χ0n) is 18.2. The Morgan fingerprint density at radius 1 is 1.03 bits per heavy atom. The summed E-state index contributed by atoms with van der Waals surface area (Å²) in [6, 6.07) is 12.0. The average Bonchev–Trinajstić information content (AvgIpc) is 3.28. The molecule has 162 valence electrons. The number of benzene rings is 2. The number of hydrogen-bond acceptors (Lipinski definition) is 5. The lowest BCUT2D eigenvalue weighted by Crippen LogP contribution is -2.36. The average molecular weight is 414 g/mol. The van der Waals surface area contributed by atoms with Crippen LogP contribution in [0.1, 0.15) is 23.1 Å². The van der Waals surface area contributed by atoms with E-state index in [-0.39, 0.29) is 6.10 Å². The van der Waals surface area contributed by atoms with Crippen molar-refractivity contribution < 1.29 is 18.9 Å². The molecule has 1 fully saturated rings. The van der Waals surface area contributed by atoms with Crippen LogP contribution in [-0.2, 0) is 17.8 Å². The van der Waals surface area contributed by atoms with Crippen molar-refractivity contribution in [1.82, 2.24) is 10.6 Å². The van der Waals surface area contributed by atoms with E-state index >= 15 is 0 Å². The van der Waals surface area contributed by atoms with Crippen LogP contribution in [0.2, 0.25) is 0 Å². The highest BCUT2D eigenvalue weighted by molar-refractivity contribution is 5.79. The summed E-state index contributed by atoms with van der Waals surface area (Å²) in [4.78, 5) is 4.33. The van der Waals surface area contributed by atoms with E-state index in [9.17, 15) is 0 Å². The summed E-state index contributed by atoms with van der Waals surface area (Å²) in [5, 5.41) is 6.69. The summed E-state index contributed by atoms with van der Waals surface area (Å²) in [6.45, 7) is 4.65. The van der Waals surface area contributed by atoms with Gasteiger partial charge < -0.3 is 29.6 Å². The minimum atomic E-state index is 0.116. The number of nitrogens with one attached hydrogen (secondary N) is 2. The van der Waals surface area contributed by atoms with E-state index in [0.29, 0.717) is 25.7 Å². The smallest absolute Gasteiger partial charge is 0.191 e. The van der Waals surface area contributed by atoms with Gasteiger partial charge in [0.05, 0.1) is 27.4 Å². The molecule has 0 bridgehead atoms. The number of methoxy groups -OCH3 is 2. The Balaban J connectivity index is 1.60. The summed E-state index contributed by atoms with van der Waals surface area (Å²) in [5.41, 5.74) is 3.26. The molecule has 0 radical (unpaired) electrons. The highest BCUT2D eigenvalue weighted by Crippen LogP contribution is 2.25.